The third-order valence-electron chi connectivity index (χ3n) is 5.28. The van der Waals surface area contributed by atoms with Gasteiger partial charge in [-0.05, 0) is 41.3 Å². The number of sulfonamides is 1. The van der Waals surface area contributed by atoms with E-state index in [9.17, 15) is 18.0 Å². The second kappa shape index (κ2) is 8.97. The standard InChI is InChI=1S/C23H23N3O5S/c1-26(15-18-8-5-13-31-18)23(28)22(16-6-3-2-4-7-16)25-32(29,30)19-10-11-20-17(14-19)9-12-21(27)24-20/h2-7,9-14,18,22,25H,8,15H2,1H3,(H,24,27). The van der Waals surface area contributed by atoms with E-state index < -0.39 is 16.1 Å². The van der Waals surface area contributed by atoms with Crippen LogP contribution in [0.5, 0.6) is 0 Å². The molecule has 2 unspecified atom stereocenters. The first-order valence-corrected chi connectivity index (χ1v) is 11.6. The van der Waals surface area contributed by atoms with E-state index >= 15 is 0 Å². The minimum absolute atomic E-state index is 0.00300. The SMILES string of the molecule is CN(CC1CC=CO1)C(=O)C(NS(=O)(=O)c1ccc2[nH]c(=O)ccc2c1)c1ccccc1. The van der Waals surface area contributed by atoms with Gasteiger partial charge in [0.15, 0.2) is 0 Å². The summed E-state index contributed by atoms with van der Waals surface area (Å²) in [5.74, 6) is -0.389. The second-order valence-electron chi connectivity index (χ2n) is 7.62. The maximum absolute atomic E-state index is 13.3. The number of H-pyrrole nitrogens is 1. The summed E-state index contributed by atoms with van der Waals surface area (Å²) in [5.41, 5.74) is 0.783. The van der Waals surface area contributed by atoms with Crippen LogP contribution in [-0.4, -0.2) is 43.9 Å². The fourth-order valence-electron chi connectivity index (χ4n) is 3.59. The highest BCUT2D eigenvalue weighted by Crippen LogP contribution is 2.22. The topological polar surface area (TPSA) is 109 Å². The van der Waals surface area contributed by atoms with Crippen LogP contribution >= 0.6 is 0 Å². The van der Waals surface area contributed by atoms with Crippen LogP contribution in [-0.2, 0) is 19.6 Å². The van der Waals surface area contributed by atoms with Crippen molar-refractivity contribution in [3.8, 4) is 0 Å². The van der Waals surface area contributed by atoms with E-state index in [1.54, 1.807) is 49.7 Å². The van der Waals surface area contributed by atoms with Crippen molar-refractivity contribution >= 4 is 26.8 Å². The van der Waals surface area contributed by atoms with Crippen LogP contribution in [0.25, 0.3) is 10.9 Å². The highest BCUT2D eigenvalue weighted by Gasteiger charge is 2.30. The van der Waals surface area contributed by atoms with Crippen molar-refractivity contribution in [1.82, 2.24) is 14.6 Å². The van der Waals surface area contributed by atoms with Crippen molar-refractivity contribution < 1.29 is 17.9 Å². The number of fused-ring (bicyclic) bond motifs is 1. The quantitative estimate of drug-likeness (QED) is 0.571. The highest BCUT2D eigenvalue weighted by atomic mass is 32.2. The molecule has 2 N–H and O–H groups in total. The van der Waals surface area contributed by atoms with Crippen molar-refractivity contribution in [1.29, 1.82) is 0 Å². The van der Waals surface area contributed by atoms with Gasteiger partial charge in [-0.15, -0.1) is 0 Å². The molecular weight excluding hydrogens is 430 g/mol. The maximum Gasteiger partial charge on any atom is 0.248 e. The van der Waals surface area contributed by atoms with Gasteiger partial charge in [0.25, 0.3) is 0 Å². The van der Waals surface area contributed by atoms with Crippen molar-refractivity contribution in [2.75, 3.05) is 13.6 Å². The molecule has 2 atom stereocenters. The Labute approximate surface area is 185 Å². The van der Waals surface area contributed by atoms with Gasteiger partial charge in [-0.3, -0.25) is 9.59 Å². The Morgan fingerprint density at radius 1 is 1.19 bits per heavy atom. The second-order valence-corrected chi connectivity index (χ2v) is 9.33. The molecule has 2 aromatic carbocycles. The first kappa shape index (κ1) is 21.8. The minimum atomic E-state index is -4.05. The normalized spacial score (nSPS) is 16.6. The van der Waals surface area contributed by atoms with Gasteiger partial charge in [0.05, 0.1) is 17.7 Å². The molecule has 0 saturated heterocycles. The number of benzene rings is 2. The summed E-state index contributed by atoms with van der Waals surface area (Å²) in [4.78, 5) is 28.9. The molecule has 0 radical (unpaired) electrons. The molecule has 9 heteroatoms. The van der Waals surface area contributed by atoms with Crippen molar-refractivity contribution in [3.63, 3.8) is 0 Å². The maximum atomic E-state index is 13.3. The Morgan fingerprint density at radius 3 is 2.69 bits per heavy atom. The monoisotopic (exact) mass is 453 g/mol. The van der Waals surface area contributed by atoms with E-state index in [0.29, 0.717) is 29.4 Å². The summed E-state index contributed by atoms with van der Waals surface area (Å²) in [5, 5.41) is 0.568. The van der Waals surface area contributed by atoms with Gasteiger partial charge in [0.1, 0.15) is 12.1 Å². The first-order chi connectivity index (χ1) is 15.3. The molecular formula is C23H23N3O5S. The lowest BCUT2D eigenvalue weighted by atomic mass is 10.1. The van der Waals surface area contributed by atoms with Gasteiger partial charge in [-0.1, -0.05) is 30.3 Å². The third kappa shape index (κ3) is 4.74. The number of nitrogens with zero attached hydrogens (tertiary/aromatic N) is 1. The molecule has 0 bridgehead atoms. The van der Waals surface area contributed by atoms with Crippen molar-refractivity contribution in [3.05, 3.63) is 88.9 Å². The predicted octanol–water partition coefficient (Wildman–Crippen LogP) is 2.31. The van der Waals surface area contributed by atoms with Crippen LogP contribution in [0.4, 0.5) is 0 Å². The summed E-state index contributed by atoms with van der Waals surface area (Å²) in [6.45, 7) is 0.334. The first-order valence-electron chi connectivity index (χ1n) is 10.1. The number of ether oxygens (including phenoxy) is 1. The van der Waals surface area contributed by atoms with Crippen molar-refractivity contribution in [2.45, 2.75) is 23.5 Å². The van der Waals surface area contributed by atoms with Gasteiger partial charge in [-0.2, -0.15) is 4.72 Å². The molecule has 0 fully saturated rings. The van der Waals surface area contributed by atoms with Crippen molar-refractivity contribution in [2.24, 2.45) is 0 Å². The number of nitrogens with one attached hydrogen (secondary N) is 2. The number of aromatic nitrogens is 1. The molecule has 0 saturated carbocycles. The van der Waals surface area contributed by atoms with Crippen LogP contribution in [0.15, 0.2) is 82.7 Å². The summed E-state index contributed by atoms with van der Waals surface area (Å²) < 4.78 is 34.4. The average molecular weight is 454 g/mol. The van der Waals surface area contributed by atoms with E-state index in [-0.39, 0.29) is 22.5 Å². The number of likely N-dealkylation sites (N-methyl/N-ethyl adjacent to an activating group) is 1. The summed E-state index contributed by atoms with van der Waals surface area (Å²) in [6.07, 6.45) is 4.03. The summed E-state index contributed by atoms with van der Waals surface area (Å²) in [7, 11) is -2.42. The predicted molar refractivity (Wildman–Crippen MR) is 120 cm³/mol. The molecule has 3 aromatic rings. The van der Waals surface area contributed by atoms with Gasteiger partial charge >= 0.3 is 0 Å². The zero-order valence-electron chi connectivity index (χ0n) is 17.4. The Hall–Kier alpha value is -3.43. The molecule has 166 valence electrons. The average Bonchev–Trinajstić information content (AvgIpc) is 3.30. The zero-order chi connectivity index (χ0) is 22.7. The Bertz CT molecular complexity index is 1310. The van der Waals surface area contributed by atoms with Crippen LogP contribution in [0, 0.1) is 0 Å². The molecule has 1 aromatic heterocycles. The molecule has 1 aliphatic rings. The molecule has 1 amide bonds. The lowest BCUT2D eigenvalue weighted by Gasteiger charge is -2.26. The molecule has 2 heterocycles. The number of aromatic amines is 1. The molecule has 32 heavy (non-hydrogen) atoms. The van der Waals surface area contributed by atoms with E-state index in [1.807, 2.05) is 6.08 Å². The Morgan fingerprint density at radius 2 is 1.97 bits per heavy atom. The lowest BCUT2D eigenvalue weighted by molar-refractivity contribution is -0.133. The van der Waals surface area contributed by atoms with Crippen LogP contribution in [0.3, 0.4) is 0 Å². The lowest BCUT2D eigenvalue weighted by Crippen LogP contribution is -2.43. The molecule has 4 rings (SSSR count). The minimum Gasteiger partial charge on any atom is -0.496 e. The Balaban J connectivity index is 1.63. The summed E-state index contributed by atoms with van der Waals surface area (Å²) in [6, 6.07) is 14.9. The number of rotatable bonds is 7. The van der Waals surface area contributed by atoms with Gasteiger partial charge < -0.3 is 14.6 Å². The molecule has 0 aliphatic carbocycles. The number of carbonyl (C=O) groups is 1. The zero-order valence-corrected chi connectivity index (χ0v) is 18.2. The molecule has 0 spiro atoms. The number of hydrogen-bond acceptors (Lipinski definition) is 5. The largest absolute Gasteiger partial charge is 0.496 e. The highest BCUT2D eigenvalue weighted by molar-refractivity contribution is 7.89. The van der Waals surface area contributed by atoms with Crippen LogP contribution in [0.2, 0.25) is 0 Å². The van der Waals surface area contributed by atoms with Gasteiger partial charge in [0.2, 0.25) is 21.5 Å². The van der Waals surface area contributed by atoms with E-state index in [0.717, 1.165) is 0 Å². The van der Waals surface area contributed by atoms with E-state index in [4.69, 9.17) is 4.74 Å². The number of hydrogen-bond donors (Lipinski definition) is 2. The number of carbonyl (C=O) groups excluding carboxylic acids is 1. The number of pyridine rings is 1. The number of amides is 1. The van der Waals surface area contributed by atoms with E-state index in [2.05, 4.69) is 9.71 Å². The molecule has 1 aliphatic heterocycles. The van der Waals surface area contributed by atoms with Gasteiger partial charge in [0, 0.05) is 25.1 Å². The smallest absolute Gasteiger partial charge is 0.248 e. The van der Waals surface area contributed by atoms with Gasteiger partial charge in [-0.25, -0.2) is 8.42 Å². The Kier molecular flexibility index (Phi) is 6.11. The fraction of sp³-hybridized carbons (Fsp3) is 0.217. The van der Waals surface area contributed by atoms with E-state index in [1.165, 1.54) is 29.2 Å². The van der Waals surface area contributed by atoms with Crippen LogP contribution < -0.4 is 10.3 Å². The summed E-state index contributed by atoms with van der Waals surface area (Å²) >= 11 is 0. The fourth-order valence-corrected chi connectivity index (χ4v) is 4.80. The third-order valence-corrected chi connectivity index (χ3v) is 6.70. The van der Waals surface area contributed by atoms with Crippen LogP contribution in [0.1, 0.15) is 18.0 Å². The molecule has 8 nitrogen and oxygen atoms in total.